The number of pyridine rings is 1. The summed E-state index contributed by atoms with van der Waals surface area (Å²) >= 11 is 0. The van der Waals surface area contributed by atoms with Gasteiger partial charge in [-0.15, -0.1) is 0 Å². The van der Waals surface area contributed by atoms with Crippen LogP contribution in [0.1, 0.15) is 75.5 Å². The molecule has 0 aromatic carbocycles. The number of rotatable bonds is 5. The van der Waals surface area contributed by atoms with Crippen LogP contribution < -0.4 is 5.32 Å². The Hall–Kier alpha value is -1.58. The van der Waals surface area contributed by atoms with Crippen molar-refractivity contribution in [3.05, 3.63) is 23.5 Å². The summed E-state index contributed by atoms with van der Waals surface area (Å²) in [5, 5.41) is 3.60. The predicted molar refractivity (Wildman–Crippen MR) is 108 cm³/mol. The van der Waals surface area contributed by atoms with Crippen LogP contribution in [-0.4, -0.2) is 35.4 Å². The molecule has 4 nitrogen and oxygen atoms in total. The van der Waals surface area contributed by atoms with E-state index in [1.807, 2.05) is 4.90 Å². The molecule has 0 spiro atoms. The molecular weight excluding hydrogens is 334 g/mol. The third kappa shape index (κ3) is 3.05. The van der Waals surface area contributed by atoms with Crippen molar-refractivity contribution < 1.29 is 4.79 Å². The number of hydrogen-bond donors (Lipinski definition) is 1. The summed E-state index contributed by atoms with van der Waals surface area (Å²) in [5.41, 5.74) is 4.60. The van der Waals surface area contributed by atoms with E-state index in [4.69, 9.17) is 4.98 Å². The Kier molecular flexibility index (Phi) is 4.61. The minimum Gasteiger partial charge on any atom is -0.384 e. The molecule has 1 aromatic heterocycles. The molecule has 0 radical (unpaired) electrons. The standard InChI is InChI=1S/C23H33N3O/c27-22-8-4-12-26(22)13-5-11-24-18-15-20-21(25-16-18)14-17-6-3-10-23(20)9-2-1-7-19(17)23/h15-17,19,24H,1-14H2/t17-,19+,23-/m0/s1. The topological polar surface area (TPSA) is 45.2 Å². The zero-order valence-electron chi connectivity index (χ0n) is 16.5. The second-order valence-electron chi connectivity index (χ2n) is 9.35. The van der Waals surface area contributed by atoms with Crippen molar-refractivity contribution in [3.8, 4) is 0 Å². The Labute approximate surface area is 163 Å². The number of aromatic nitrogens is 1. The van der Waals surface area contributed by atoms with Crippen LogP contribution in [0.5, 0.6) is 0 Å². The first kappa shape index (κ1) is 17.5. The van der Waals surface area contributed by atoms with E-state index in [-0.39, 0.29) is 0 Å². The fourth-order valence-corrected chi connectivity index (χ4v) is 6.73. The lowest BCUT2D eigenvalue weighted by Crippen LogP contribution is -2.49. The fourth-order valence-electron chi connectivity index (χ4n) is 6.73. The summed E-state index contributed by atoms with van der Waals surface area (Å²) < 4.78 is 0. The maximum Gasteiger partial charge on any atom is 0.222 e. The number of nitrogens with zero attached hydrogens (tertiary/aromatic N) is 2. The van der Waals surface area contributed by atoms with Crippen LogP contribution in [-0.2, 0) is 16.6 Å². The van der Waals surface area contributed by atoms with Crippen molar-refractivity contribution in [1.29, 1.82) is 0 Å². The molecule has 4 heteroatoms. The normalized spacial score (nSPS) is 32.1. The number of nitrogens with one attached hydrogen (secondary N) is 1. The van der Waals surface area contributed by atoms with Gasteiger partial charge in [-0.05, 0) is 68.4 Å². The molecule has 2 saturated carbocycles. The first-order valence-corrected chi connectivity index (χ1v) is 11.3. The highest BCUT2D eigenvalue weighted by Gasteiger charge is 2.51. The Balaban J connectivity index is 1.29. The molecular formula is C23H33N3O. The summed E-state index contributed by atoms with van der Waals surface area (Å²) in [4.78, 5) is 18.7. The first-order valence-electron chi connectivity index (χ1n) is 11.3. The minimum absolute atomic E-state index is 0.333. The third-order valence-electron chi connectivity index (χ3n) is 7.93. The lowest BCUT2D eigenvalue weighted by atomic mass is 9.49. The molecule has 3 fully saturated rings. The molecule has 3 atom stereocenters. The van der Waals surface area contributed by atoms with Crippen molar-refractivity contribution in [3.63, 3.8) is 0 Å². The summed E-state index contributed by atoms with van der Waals surface area (Å²) in [6.45, 7) is 2.76. The fraction of sp³-hybridized carbons (Fsp3) is 0.739. The Morgan fingerprint density at radius 3 is 3.00 bits per heavy atom. The van der Waals surface area contributed by atoms with Gasteiger partial charge in [0.2, 0.25) is 5.91 Å². The number of carbonyl (C=O) groups is 1. The second-order valence-corrected chi connectivity index (χ2v) is 9.35. The van der Waals surface area contributed by atoms with Crippen molar-refractivity contribution in [2.24, 2.45) is 11.8 Å². The van der Waals surface area contributed by atoms with E-state index >= 15 is 0 Å². The lowest BCUT2D eigenvalue weighted by Gasteiger charge is -2.55. The van der Waals surface area contributed by atoms with Crippen molar-refractivity contribution in [1.82, 2.24) is 9.88 Å². The van der Waals surface area contributed by atoms with E-state index in [0.29, 0.717) is 11.3 Å². The summed E-state index contributed by atoms with van der Waals surface area (Å²) in [7, 11) is 0. The van der Waals surface area contributed by atoms with Gasteiger partial charge in [-0.25, -0.2) is 0 Å². The van der Waals surface area contributed by atoms with Crippen LogP contribution >= 0.6 is 0 Å². The van der Waals surface area contributed by atoms with Gasteiger partial charge in [0.25, 0.3) is 0 Å². The van der Waals surface area contributed by atoms with Gasteiger partial charge in [0.15, 0.2) is 0 Å². The summed E-state index contributed by atoms with van der Waals surface area (Å²) in [5.74, 6) is 2.13. The molecule has 1 aliphatic heterocycles. The quantitative estimate of drug-likeness (QED) is 0.790. The monoisotopic (exact) mass is 367 g/mol. The van der Waals surface area contributed by atoms with Gasteiger partial charge in [-0.1, -0.05) is 19.3 Å². The van der Waals surface area contributed by atoms with Gasteiger partial charge < -0.3 is 10.2 Å². The Morgan fingerprint density at radius 2 is 2.11 bits per heavy atom. The Morgan fingerprint density at radius 1 is 1.19 bits per heavy atom. The minimum atomic E-state index is 0.333. The molecule has 27 heavy (non-hydrogen) atoms. The average Bonchev–Trinajstić information content (AvgIpc) is 3.10. The van der Waals surface area contributed by atoms with E-state index < -0.39 is 0 Å². The van der Waals surface area contributed by atoms with E-state index in [1.165, 1.54) is 62.7 Å². The predicted octanol–water partition coefficient (Wildman–Crippen LogP) is 4.29. The van der Waals surface area contributed by atoms with Crippen LogP contribution in [0, 0.1) is 11.8 Å². The van der Waals surface area contributed by atoms with Gasteiger partial charge >= 0.3 is 0 Å². The molecule has 1 amide bonds. The van der Waals surface area contributed by atoms with Gasteiger partial charge in [-0.2, -0.15) is 0 Å². The molecule has 4 aliphatic rings. The van der Waals surface area contributed by atoms with Crippen LogP contribution in [0.15, 0.2) is 12.3 Å². The molecule has 1 N–H and O–H groups in total. The number of carbonyl (C=O) groups excluding carboxylic acids is 1. The molecule has 2 heterocycles. The van der Waals surface area contributed by atoms with Crippen molar-refractivity contribution >= 4 is 11.6 Å². The summed E-state index contributed by atoms with van der Waals surface area (Å²) in [6.07, 6.45) is 15.9. The van der Waals surface area contributed by atoms with E-state index in [1.54, 1.807) is 5.56 Å². The highest BCUT2D eigenvalue weighted by atomic mass is 16.2. The zero-order chi connectivity index (χ0) is 18.3. The van der Waals surface area contributed by atoms with Gasteiger partial charge in [0, 0.05) is 37.2 Å². The number of amides is 1. The maximum atomic E-state index is 11.7. The molecule has 146 valence electrons. The van der Waals surface area contributed by atoms with Crippen LogP contribution in [0.4, 0.5) is 5.69 Å². The first-order chi connectivity index (χ1) is 13.3. The van der Waals surface area contributed by atoms with Crippen molar-refractivity contribution in [2.45, 2.75) is 76.0 Å². The van der Waals surface area contributed by atoms with Gasteiger partial charge in [-0.3, -0.25) is 9.78 Å². The summed E-state index contributed by atoms with van der Waals surface area (Å²) in [6, 6.07) is 2.45. The zero-order valence-corrected chi connectivity index (χ0v) is 16.5. The third-order valence-corrected chi connectivity index (χ3v) is 7.93. The Bertz CT molecular complexity index is 714. The van der Waals surface area contributed by atoms with E-state index in [2.05, 4.69) is 17.6 Å². The number of hydrogen-bond acceptors (Lipinski definition) is 3. The maximum absolute atomic E-state index is 11.7. The van der Waals surface area contributed by atoms with E-state index in [9.17, 15) is 4.79 Å². The lowest BCUT2D eigenvalue weighted by molar-refractivity contribution is -0.127. The molecule has 1 saturated heterocycles. The molecule has 2 bridgehead atoms. The highest BCUT2D eigenvalue weighted by molar-refractivity contribution is 5.78. The number of fused-ring (bicyclic) bond motifs is 1. The van der Waals surface area contributed by atoms with E-state index in [0.717, 1.165) is 50.7 Å². The van der Waals surface area contributed by atoms with Crippen molar-refractivity contribution in [2.75, 3.05) is 25.0 Å². The number of likely N-dealkylation sites (tertiary alicyclic amines) is 1. The molecule has 3 aliphatic carbocycles. The molecule has 5 rings (SSSR count). The van der Waals surface area contributed by atoms with Crippen LogP contribution in [0.25, 0.3) is 0 Å². The smallest absolute Gasteiger partial charge is 0.222 e. The average molecular weight is 368 g/mol. The van der Waals surface area contributed by atoms with Gasteiger partial charge in [0.1, 0.15) is 0 Å². The highest BCUT2D eigenvalue weighted by Crippen LogP contribution is 2.58. The van der Waals surface area contributed by atoms with Crippen LogP contribution in [0.2, 0.25) is 0 Å². The molecule has 1 aromatic rings. The molecule has 0 unspecified atom stereocenters. The second kappa shape index (κ2) is 7.10. The van der Waals surface area contributed by atoms with Gasteiger partial charge in [0.05, 0.1) is 11.9 Å². The largest absolute Gasteiger partial charge is 0.384 e. The number of anilines is 1. The van der Waals surface area contributed by atoms with Crippen LogP contribution in [0.3, 0.4) is 0 Å². The SMILES string of the molecule is O=C1CCCN1CCCNc1cnc2c(c1)[C@]13CCCC[C@@H]1[C@@H](CCC3)C2.